The van der Waals surface area contributed by atoms with Crippen LogP contribution in [0.4, 0.5) is 0 Å². The first-order chi connectivity index (χ1) is 16.9. The Morgan fingerprint density at radius 1 is 1.17 bits per heavy atom. The third kappa shape index (κ3) is 6.08. The van der Waals surface area contributed by atoms with Crippen molar-refractivity contribution in [1.29, 1.82) is 0 Å². The third-order valence-corrected chi connectivity index (χ3v) is 8.15. The highest BCUT2D eigenvalue weighted by molar-refractivity contribution is 6.30. The number of carbonyl (C=O) groups is 1. The maximum atomic E-state index is 13.3. The van der Waals surface area contributed by atoms with Crippen LogP contribution in [-0.4, -0.2) is 48.8 Å². The van der Waals surface area contributed by atoms with E-state index in [2.05, 4.69) is 6.07 Å². The van der Waals surface area contributed by atoms with E-state index in [4.69, 9.17) is 22.1 Å². The molecule has 190 valence electrons. The van der Waals surface area contributed by atoms with E-state index in [9.17, 15) is 9.90 Å². The topological polar surface area (TPSA) is 75.8 Å². The van der Waals surface area contributed by atoms with Gasteiger partial charge in [0.1, 0.15) is 0 Å². The van der Waals surface area contributed by atoms with Crippen LogP contribution in [0, 0.1) is 11.8 Å². The van der Waals surface area contributed by atoms with Crippen LogP contribution in [0.15, 0.2) is 48.5 Å². The van der Waals surface area contributed by atoms with Crippen molar-refractivity contribution in [1.82, 2.24) is 4.90 Å². The number of likely N-dealkylation sites (tertiary alicyclic amines) is 1. The van der Waals surface area contributed by atoms with Gasteiger partial charge in [0.25, 0.3) is 0 Å². The Balaban J connectivity index is 1.65. The monoisotopic (exact) mass is 498 g/mol. The summed E-state index contributed by atoms with van der Waals surface area (Å²) in [5.41, 5.74) is 7.94. The standard InChI is InChI=1S/C29H39ClN2O3/c1-35-17-5-4-15-29(34,27-12-3-2-11-26(27)21-8-6-10-24(30)18-21)23-9-7-16-32(20-23)28(33)22-13-14-25(31)19-22/h2-3,6,8,10-12,18,22-23,25,34H,4-5,7,9,13-17,19-20,31H2,1H3. The summed E-state index contributed by atoms with van der Waals surface area (Å²) < 4.78 is 5.27. The van der Waals surface area contributed by atoms with Crippen molar-refractivity contribution in [3.63, 3.8) is 0 Å². The van der Waals surface area contributed by atoms with Gasteiger partial charge in [-0.1, -0.05) is 48.0 Å². The second-order valence-electron chi connectivity index (χ2n) is 10.3. The number of amides is 1. The molecule has 4 atom stereocenters. The van der Waals surface area contributed by atoms with Gasteiger partial charge in [-0.25, -0.2) is 0 Å². The number of hydrogen-bond donors (Lipinski definition) is 2. The quantitative estimate of drug-likeness (QED) is 0.455. The number of halogens is 1. The van der Waals surface area contributed by atoms with Crippen molar-refractivity contribution in [2.75, 3.05) is 26.8 Å². The van der Waals surface area contributed by atoms with Crippen LogP contribution in [0.5, 0.6) is 0 Å². The van der Waals surface area contributed by atoms with E-state index in [1.165, 1.54) is 0 Å². The van der Waals surface area contributed by atoms with E-state index < -0.39 is 5.60 Å². The summed E-state index contributed by atoms with van der Waals surface area (Å²) in [6.45, 7) is 2.01. The lowest BCUT2D eigenvalue weighted by Gasteiger charge is -2.44. The second-order valence-corrected chi connectivity index (χ2v) is 10.8. The van der Waals surface area contributed by atoms with Gasteiger partial charge in [-0.05, 0) is 80.2 Å². The Bertz CT molecular complexity index is 999. The molecule has 0 aromatic heterocycles. The zero-order valence-electron chi connectivity index (χ0n) is 20.8. The van der Waals surface area contributed by atoms with Crippen molar-refractivity contribution < 1.29 is 14.6 Å². The molecule has 5 nitrogen and oxygen atoms in total. The van der Waals surface area contributed by atoms with Crippen molar-refractivity contribution in [3.8, 4) is 11.1 Å². The number of unbranched alkanes of at least 4 members (excludes halogenated alkanes) is 1. The van der Waals surface area contributed by atoms with Gasteiger partial charge in [-0.3, -0.25) is 4.79 Å². The summed E-state index contributed by atoms with van der Waals surface area (Å²) in [4.78, 5) is 15.3. The minimum absolute atomic E-state index is 0.0253. The summed E-state index contributed by atoms with van der Waals surface area (Å²) in [6, 6.07) is 16.0. The molecule has 2 fully saturated rings. The van der Waals surface area contributed by atoms with Crippen LogP contribution in [-0.2, 0) is 15.1 Å². The first kappa shape index (κ1) is 26.2. The fourth-order valence-electron chi connectivity index (χ4n) is 6.03. The lowest BCUT2D eigenvalue weighted by molar-refractivity contribution is -0.140. The summed E-state index contributed by atoms with van der Waals surface area (Å²) in [5, 5.41) is 13.2. The number of benzene rings is 2. The summed E-state index contributed by atoms with van der Waals surface area (Å²) >= 11 is 6.33. The Morgan fingerprint density at radius 3 is 2.74 bits per heavy atom. The van der Waals surface area contributed by atoms with E-state index in [1.54, 1.807) is 7.11 Å². The molecule has 2 aromatic rings. The average Bonchev–Trinajstić information content (AvgIpc) is 3.32. The lowest BCUT2D eigenvalue weighted by Crippen LogP contribution is -2.49. The maximum Gasteiger partial charge on any atom is 0.225 e. The van der Waals surface area contributed by atoms with Gasteiger partial charge < -0.3 is 20.5 Å². The summed E-state index contributed by atoms with van der Waals surface area (Å²) in [5.74, 6) is 0.197. The van der Waals surface area contributed by atoms with Crippen molar-refractivity contribution in [2.45, 2.75) is 63.0 Å². The van der Waals surface area contributed by atoms with Gasteiger partial charge in [0.2, 0.25) is 5.91 Å². The molecule has 1 aliphatic carbocycles. The molecular formula is C29H39ClN2O3. The van der Waals surface area contributed by atoms with Gasteiger partial charge in [0, 0.05) is 49.7 Å². The van der Waals surface area contributed by atoms with Gasteiger partial charge in [-0.2, -0.15) is 0 Å². The van der Waals surface area contributed by atoms with E-state index in [0.717, 1.165) is 68.2 Å². The minimum atomic E-state index is -1.06. The molecule has 4 rings (SSSR count). The molecular weight excluding hydrogens is 460 g/mol. The maximum absolute atomic E-state index is 13.3. The van der Waals surface area contributed by atoms with Gasteiger partial charge in [0.15, 0.2) is 0 Å². The molecule has 4 unspecified atom stereocenters. The second kappa shape index (κ2) is 11.9. The van der Waals surface area contributed by atoms with Crippen LogP contribution in [0.1, 0.15) is 56.9 Å². The van der Waals surface area contributed by atoms with Crippen molar-refractivity contribution in [2.24, 2.45) is 17.6 Å². The van der Waals surface area contributed by atoms with Crippen molar-refractivity contribution in [3.05, 3.63) is 59.1 Å². The number of carbonyl (C=O) groups excluding carboxylic acids is 1. The van der Waals surface area contributed by atoms with Gasteiger partial charge in [-0.15, -0.1) is 0 Å². The lowest BCUT2D eigenvalue weighted by atomic mass is 9.72. The normalized spacial score (nSPS) is 24.3. The molecule has 1 saturated heterocycles. The molecule has 6 heteroatoms. The SMILES string of the molecule is COCCCCC(O)(c1ccccc1-c1cccc(Cl)c1)C1CCCN(C(=O)C2CCC(N)C2)C1. The number of hydrogen-bond acceptors (Lipinski definition) is 4. The molecule has 2 aliphatic rings. The number of methoxy groups -OCH3 is 1. The number of ether oxygens (including phenoxy) is 1. The predicted octanol–water partition coefficient (Wildman–Crippen LogP) is 5.38. The molecule has 0 bridgehead atoms. The minimum Gasteiger partial charge on any atom is -0.385 e. The summed E-state index contributed by atoms with van der Waals surface area (Å²) in [7, 11) is 1.71. The van der Waals surface area contributed by atoms with E-state index in [1.807, 2.05) is 47.4 Å². The molecule has 3 N–H and O–H groups in total. The first-order valence-electron chi connectivity index (χ1n) is 13.0. The van der Waals surface area contributed by atoms with Gasteiger partial charge in [0.05, 0.1) is 5.60 Å². The Labute approximate surface area is 214 Å². The van der Waals surface area contributed by atoms with Crippen molar-refractivity contribution >= 4 is 17.5 Å². The predicted molar refractivity (Wildman–Crippen MR) is 141 cm³/mol. The van der Waals surface area contributed by atoms with Crippen LogP contribution in [0.25, 0.3) is 11.1 Å². The highest BCUT2D eigenvalue weighted by atomic mass is 35.5. The first-order valence-corrected chi connectivity index (χ1v) is 13.4. The van der Waals surface area contributed by atoms with Crippen LogP contribution < -0.4 is 5.73 Å². The van der Waals surface area contributed by atoms with Crippen LogP contribution in [0.3, 0.4) is 0 Å². The number of rotatable bonds is 9. The molecule has 1 saturated carbocycles. The molecule has 2 aromatic carbocycles. The highest BCUT2D eigenvalue weighted by Crippen LogP contribution is 2.44. The van der Waals surface area contributed by atoms with Gasteiger partial charge >= 0.3 is 0 Å². The zero-order valence-corrected chi connectivity index (χ0v) is 21.6. The molecule has 35 heavy (non-hydrogen) atoms. The molecule has 1 aliphatic heterocycles. The third-order valence-electron chi connectivity index (χ3n) is 7.92. The number of piperidine rings is 1. The number of nitrogens with zero attached hydrogens (tertiary/aromatic N) is 1. The molecule has 0 radical (unpaired) electrons. The van der Waals surface area contributed by atoms with E-state index in [-0.39, 0.29) is 23.8 Å². The van der Waals surface area contributed by atoms with Crippen LogP contribution >= 0.6 is 11.6 Å². The smallest absolute Gasteiger partial charge is 0.225 e. The number of nitrogens with two attached hydrogens (primary N) is 1. The Morgan fingerprint density at radius 2 is 2.00 bits per heavy atom. The summed E-state index contributed by atoms with van der Waals surface area (Å²) in [6.07, 6.45) is 6.70. The average molecular weight is 499 g/mol. The largest absolute Gasteiger partial charge is 0.385 e. The van der Waals surface area contributed by atoms with E-state index in [0.29, 0.717) is 24.6 Å². The Kier molecular flexibility index (Phi) is 8.87. The molecule has 1 amide bonds. The zero-order chi connectivity index (χ0) is 24.8. The Hall–Kier alpha value is -1.92. The fourth-order valence-corrected chi connectivity index (χ4v) is 6.22. The highest BCUT2D eigenvalue weighted by Gasteiger charge is 2.43. The van der Waals surface area contributed by atoms with Crippen LogP contribution in [0.2, 0.25) is 5.02 Å². The molecule has 0 spiro atoms. The fraction of sp³-hybridized carbons (Fsp3) is 0.552. The van der Waals surface area contributed by atoms with E-state index >= 15 is 0 Å². The number of aliphatic hydroxyl groups is 1. The molecule has 1 heterocycles.